The first kappa shape index (κ1) is 24.5. The molecular weight excluding hydrogens is 426 g/mol. The van der Waals surface area contributed by atoms with Gasteiger partial charge in [0, 0.05) is 13.1 Å². The highest BCUT2D eigenvalue weighted by Gasteiger charge is 2.34. The molecule has 3 rings (SSSR count). The average Bonchev–Trinajstić information content (AvgIpc) is 2.73. The van der Waals surface area contributed by atoms with Crippen molar-refractivity contribution in [1.29, 1.82) is 0 Å². The van der Waals surface area contributed by atoms with Gasteiger partial charge in [0.1, 0.15) is 0 Å². The normalized spacial score (nSPS) is 18.6. The molecule has 0 bridgehead atoms. The van der Waals surface area contributed by atoms with Gasteiger partial charge in [-0.05, 0) is 73.7 Å². The zero-order valence-electron chi connectivity index (χ0n) is 19.0. The molecule has 1 atom stereocenters. The van der Waals surface area contributed by atoms with Crippen molar-refractivity contribution in [3.8, 4) is 23.0 Å². The Balaban J connectivity index is 1.26. The molecule has 5 nitrogen and oxygen atoms in total. The smallest absolute Gasteiger partial charge is 0.157 e. The number of aryl methyl sites for hydroxylation is 1. The highest BCUT2D eigenvalue weighted by atomic mass is 35.5. The van der Waals surface area contributed by atoms with Crippen LogP contribution in [0.3, 0.4) is 0 Å². The van der Waals surface area contributed by atoms with Crippen LogP contribution in [-0.2, 0) is 17.8 Å². The molecule has 0 fully saturated rings. The highest BCUT2D eigenvalue weighted by Crippen LogP contribution is 2.41. The summed E-state index contributed by atoms with van der Waals surface area (Å²) in [5.41, 5.74) is 2.97. The Bertz CT molecular complexity index is 900. The fourth-order valence-electron chi connectivity index (χ4n) is 4.65. The van der Waals surface area contributed by atoms with Crippen LogP contribution >= 0.6 is 11.6 Å². The number of fused-ring (bicyclic) bond motifs is 1. The lowest BCUT2D eigenvalue weighted by molar-refractivity contribution is 0.215. The van der Waals surface area contributed by atoms with E-state index in [2.05, 4.69) is 4.90 Å². The molecule has 4 N–H and O–H groups in total. The van der Waals surface area contributed by atoms with Crippen molar-refractivity contribution in [2.45, 2.75) is 76.1 Å². The van der Waals surface area contributed by atoms with Gasteiger partial charge in [-0.2, -0.15) is 0 Å². The summed E-state index contributed by atoms with van der Waals surface area (Å²) in [5, 5.41) is 38.5. The van der Waals surface area contributed by atoms with E-state index >= 15 is 0 Å². The van der Waals surface area contributed by atoms with Crippen molar-refractivity contribution >= 4 is 11.6 Å². The van der Waals surface area contributed by atoms with Gasteiger partial charge in [0.2, 0.25) is 0 Å². The van der Waals surface area contributed by atoms with Gasteiger partial charge in [-0.15, -0.1) is 11.6 Å². The van der Waals surface area contributed by atoms with Crippen molar-refractivity contribution in [3.63, 3.8) is 0 Å². The summed E-state index contributed by atoms with van der Waals surface area (Å²) < 4.78 is 0. The molecule has 1 unspecified atom stereocenters. The quantitative estimate of drug-likeness (QED) is 0.183. The Morgan fingerprint density at radius 1 is 0.781 bits per heavy atom. The van der Waals surface area contributed by atoms with E-state index in [1.807, 2.05) is 13.0 Å². The molecule has 0 amide bonds. The van der Waals surface area contributed by atoms with Crippen LogP contribution in [0.1, 0.15) is 75.0 Å². The Morgan fingerprint density at radius 2 is 1.38 bits per heavy atom. The molecule has 0 aliphatic carbocycles. The van der Waals surface area contributed by atoms with Gasteiger partial charge in [0.25, 0.3) is 0 Å². The van der Waals surface area contributed by atoms with Gasteiger partial charge < -0.3 is 20.4 Å². The number of benzene rings is 2. The summed E-state index contributed by atoms with van der Waals surface area (Å²) in [7, 11) is 0. The van der Waals surface area contributed by atoms with E-state index in [-0.39, 0.29) is 23.0 Å². The molecular formula is C26H36ClNO4. The second-order valence-electron chi connectivity index (χ2n) is 9.31. The largest absolute Gasteiger partial charge is 0.504 e. The maximum absolute atomic E-state index is 9.83. The summed E-state index contributed by atoms with van der Waals surface area (Å²) in [6, 6.07) is 8.31. The zero-order chi connectivity index (χ0) is 23.1. The zero-order valence-corrected chi connectivity index (χ0v) is 19.7. The summed E-state index contributed by atoms with van der Waals surface area (Å²) in [5.74, 6) is -0.289. The number of hydrogen-bond acceptors (Lipinski definition) is 5. The highest BCUT2D eigenvalue weighted by molar-refractivity contribution is 6.24. The fraction of sp³-hybridized carbons (Fsp3) is 0.538. The number of phenolic OH excluding ortho intramolecular Hbond substituents is 4. The third-order valence-electron chi connectivity index (χ3n) is 6.41. The summed E-state index contributed by atoms with van der Waals surface area (Å²) in [6.45, 7) is 4.46. The lowest BCUT2D eigenvalue weighted by Crippen LogP contribution is -2.41. The molecule has 0 saturated heterocycles. The summed E-state index contributed by atoms with van der Waals surface area (Å²) >= 11 is 6.74. The van der Waals surface area contributed by atoms with E-state index in [9.17, 15) is 20.4 Å². The molecule has 0 saturated carbocycles. The van der Waals surface area contributed by atoms with Gasteiger partial charge in [0.05, 0.1) is 4.87 Å². The third-order valence-corrected chi connectivity index (χ3v) is 6.73. The standard InChI is InChI=1S/C26H36ClNO4/c1-26(27)18-28(17-20-15-24(31)25(32)16-21(20)26)13-9-7-5-3-2-4-6-8-10-19-11-12-22(29)23(30)14-19/h11-12,14-16,29-32H,2-10,13,17-18H2,1H3. The number of hydrogen-bond donors (Lipinski definition) is 4. The van der Waals surface area contributed by atoms with Gasteiger partial charge >= 0.3 is 0 Å². The van der Waals surface area contributed by atoms with Crippen LogP contribution in [0.4, 0.5) is 0 Å². The van der Waals surface area contributed by atoms with Gasteiger partial charge in [0.15, 0.2) is 23.0 Å². The minimum absolute atomic E-state index is 0.0376. The van der Waals surface area contributed by atoms with Gasteiger partial charge in [-0.25, -0.2) is 0 Å². The number of halogens is 1. The SMILES string of the molecule is CC1(Cl)CN(CCCCCCCCCCc2ccc(O)c(O)c2)Cc2cc(O)c(O)cc21. The van der Waals surface area contributed by atoms with E-state index < -0.39 is 4.87 Å². The van der Waals surface area contributed by atoms with Crippen molar-refractivity contribution in [1.82, 2.24) is 4.90 Å². The van der Waals surface area contributed by atoms with Crippen LogP contribution in [-0.4, -0.2) is 38.4 Å². The number of aromatic hydroxyl groups is 4. The van der Waals surface area contributed by atoms with E-state index in [0.717, 1.165) is 55.6 Å². The number of phenols is 4. The second kappa shape index (κ2) is 11.2. The van der Waals surface area contributed by atoms with E-state index in [1.54, 1.807) is 24.3 Å². The molecule has 0 aromatic heterocycles. The predicted molar refractivity (Wildman–Crippen MR) is 129 cm³/mol. The molecule has 1 aliphatic rings. The predicted octanol–water partition coefficient (Wildman–Crippen LogP) is 6.14. The molecule has 2 aromatic carbocycles. The lowest BCUT2D eigenvalue weighted by Gasteiger charge is -2.38. The summed E-state index contributed by atoms with van der Waals surface area (Å²) in [4.78, 5) is 1.78. The molecule has 0 radical (unpaired) electrons. The Kier molecular flexibility index (Phi) is 8.55. The maximum Gasteiger partial charge on any atom is 0.157 e. The number of rotatable bonds is 11. The average molecular weight is 462 g/mol. The van der Waals surface area contributed by atoms with Crippen LogP contribution in [0.2, 0.25) is 0 Å². The van der Waals surface area contributed by atoms with Gasteiger partial charge in [-0.1, -0.05) is 44.6 Å². The van der Waals surface area contributed by atoms with Crippen LogP contribution in [0.25, 0.3) is 0 Å². The first-order chi connectivity index (χ1) is 15.3. The van der Waals surface area contributed by atoms with Crippen molar-refractivity contribution < 1.29 is 20.4 Å². The van der Waals surface area contributed by atoms with Crippen molar-refractivity contribution in [3.05, 3.63) is 47.0 Å². The molecule has 0 spiro atoms. The Hall–Kier alpha value is -2.11. The number of alkyl halides is 1. The van der Waals surface area contributed by atoms with Crippen LogP contribution in [0.15, 0.2) is 30.3 Å². The first-order valence-corrected chi connectivity index (χ1v) is 12.1. The van der Waals surface area contributed by atoms with E-state index in [4.69, 9.17) is 11.6 Å². The molecule has 2 aromatic rings. The monoisotopic (exact) mass is 461 g/mol. The minimum Gasteiger partial charge on any atom is -0.504 e. The maximum atomic E-state index is 9.83. The fourth-order valence-corrected chi connectivity index (χ4v) is 4.99. The van der Waals surface area contributed by atoms with Crippen LogP contribution < -0.4 is 0 Å². The number of unbranched alkanes of at least 4 members (excludes halogenated alkanes) is 7. The molecule has 6 heteroatoms. The lowest BCUT2D eigenvalue weighted by atomic mass is 9.89. The Labute approximate surface area is 196 Å². The van der Waals surface area contributed by atoms with Crippen LogP contribution in [0, 0.1) is 0 Å². The summed E-state index contributed by atoms with van der Waals surface area (Å²) in [6.07, 6.45) is 10.5. The first-order valence-electron chi connectivity index (χ1n) is 11.7. The molecule has 1 heterocycles. The molecule has 32 heavy (non-hydrogen) atoms. The van der Waals surface area contributed by atoms with Gasteiger partial charge in [-0.3, -0.25) is 4.90 Å². The minimum atomic E-state index is -0.558. The van der Waals surface area contributed by atoms with Crippen molar-refractivity contribution in [2.24, 2.45) is 0 Å². The third kappa shape index (κ3) is 6.69. The Morgan fingerprint density at radius 3 is 2.06 bits per heavy atom. The second-order valence-corrected chi connectivity index (χ2v) is 10.1. The van der Waals surface area contributed by atoms with E-state index in [1.165, 1.54) is 38.5 Å². The topological polar surface area (TPSA) is 84.2 Å². The van der Waals surface area contributed by atoms with Crippen molar-refractivity contribution in [2.75, 3.05) is 13.1 Å². The number of nitrogens with zero attached hydrogens (tertiary/aromatic N) is 1. The molecule has 176 valence electrons. The van der Waals surface area contributed by atoms with Crippen LogP contribution in [0.5, 0.6) is 23.0 Å². The molecule has 1 aliphatic heterocycles. The van der Waals surface area contributed by atoms with E-state index in [0.29, 0.717) is 0 Å².